The number of hydrogen-bond donors (Lipinski definition) is 1. The van der Waals surface area contributed by atoms with Crippen LogP contribution in [-0.2, 0) is 32.3 Å². The van der Waals surface area contributed by atoms with Crippen LogP contribution in [0.15, 0.2) is 29.2 Å². The molecule has 0 atom stereocenters. The standard InChI is InChI=1S/C21H26N2O6S2/c1-4-10-23-11-9-16-17(12-23)30-20(19(16)21(25)29-3)22-18(24)13-31(26,27)15-7-5-14(28-2)6-8-15/h5-8H,4,9-13H2,1-3H3,(H,22,24). The molecule has 1 aromatic heterocycles. The van der Waals surface area contributed by atoms with E-state index in [-0.39, 0.29) is 4.90 Å². The summed E-state index contributed by atoms with van der Waals surface area (Å²) >= 11 is 1.30. The van der Waals surface area contributed by atoms with E-state index in [0.717, 1.165) is 30.0 Å². The van der Waals surface area contributed by atoms with Gasteiger partial charge in [-0.1, -0.05) is 6.92 Å². The van der Waals surface area contributed by atoms with Gasteiger partial charge in [-0.2, -0.15) is 0 Å². The third kappa shape index (κ3) is 5.25. The van der Waals surface area contributed by atoms with Crippen molar-refractivity contribution in [3.05, 3.63) is 40.3 Å². The molecule has 0 aliphatic carbocycles. The zero-order valence-corrected chi connectivity index (χ0v) is 19.4. The van der Waals surface area contributed by atoms with E-state index in [1.165, 1.54) is 49.8 Å². The summed E-state index contributed by atoms with van der Waals surface area (Å²) in [6.45, 7) is 4.57. The molecule has 2 heterocycles. The number of amides is 1. The first-order chi connectivity index (χ1) is 14.8. The lowest BCUT2D eigenvalue weighted by atomic mass is 10.0. The average Bonchev–Trinajstić information content (AvgIpc) is 3.09. The van der Waals surface area contributed by atoms with Gasteiger partial charge in [0.25, 0.3) is 0 Å². The van der Waals surface area contributed by atoms with Crippen LogP contribution in [0.3, 0.4) is 0 Å². The first-order valence-electron chi connectivity index (χ1n) is 9.91. The number of nitrogens with zero attached hydrogens (tertiary/aromatic N) is 1. The minimum Gasteiger partial charge on any atom is -0.497 e. The van der Waals surface area contributed by atoms with Crippen molar-refractivity contribution >= 4 is 38.1 Å². The summed E-state index contributed by atoms with van der Waals surface area (Å²) < 4.78 is 35.2. The molecule has 0 saturated heterocycles. The Bertz CT molecular complexity index is 1060. The normalized spacial score (nSPS) is 14.0. The Hall–Kier alpha value is -2.43. The quantitative estimate of drug-likeness (QED) is 0.597. The van der Waals surface area contributed by atoms with E-state index in [4.69, 9.17) is 9.47 Å². The minimum absolute atomic E-state index is 0.0253. The van der Waals surface area contributed by atoms with E-state index in [1.54, 1.807) is 0 Å². The molecule has 2 aromatic rings. The zero-order valence-electron chi connectivity index (χ0n) is 17.8. The predicted molar refractivity (Wildman–Crippen MR) is 119 cm³/mol. The second-order valence-corrected chi connectivity index (χ2v) is 10.3. The van der Waals surface area contributed by atoms with E-state index >= 15 is 0 Å². The van der Waals surface area contributed by atoms with E-state index in [2.05, 4.69) is 17.1 Å². The zero-order chi connectivity index (χ0) is 22.6. The highest BCUT2D eigenvalue weighted by atomic mass is 32.2. The number of hydrogen-bond acceptors (Lipinski definition) is 8. The minimum atomic E-state index is -3.85. The van der Waals surface area contributed by atoms with Gasteiger partial charge in [0.05, 0.1) is 24.7 Å². The van der Waals surface area contributed by atoms with Crippen LogP contribution >= 0.6 is 11.3 Å². The monoisotopic (exact) mass is 466 g/mol. The number of thiophene rings is 1. The SMILES string of the molecule is CCCN1CCc2c(sc(NC(=O)CS(=O)(=O)c3ccc(OC)cc3)c2C(=O)OC)C1. The molecular weight excluding hydrogens is 440 g/mol. The predicted octanol–water partition coefficient (Wildman–Crippen LogP) is 2.72. The molecule has 0 spiro atoms. The number of anilines is 1. The van der Waals surface area contributed by atoms with Crippen molar-refractivity contribution in [1.82, 2.24) is 4.90 Å². The van der Waals surface area contributed by atoms with Crippen LogP contribution in [0.25, 0.3) is 0 Å². The molecule has 1 N–H and O–H groups in total. The summed E-state index contributed by atoms with van der Waals surface area (Å²) in [5.74, 6) is -1.45. The average molecular weight is 467 g/mol. The van der Waals surface area contributed by atoms with Crippen LogP contribution < -0.4 is 10.1 Å². The Kier molecular flexibility index (Phi) is 7.34. The molecular formula is C21H26N2O6S2. The number of ether oxygens (including phenoxy) is 2. The second kappa shape index (κ2) is 9.80. The molecule has 0 saturated carbocycles. The topological polar surface area (TPSA) is 102 Å². The van der Waals surface area contributed by atoms with E-state index in [0.29, 0.717) is 29.3 Å². The fourth-order valence-electron chi connectivity index (χ4n) is 3.57. The van der Waals surface area contributed by atoms with Gasteiger partial charge in [-0.25, -0.2) is 13.2 Å². The molecule has 10 heteroatoms. The molecule has 1 aliphatic rings. The summed E-state index contributed by atoms with van der Waals surface area (Å²) in [7, 11) is -1.07. The molecule has 31 heavy (non-hydrogen) atoms. The third-order valence-corrected chi connectivity index (χ3v) is 7.82. The van der Waals surface area contributed by atoms with Crippen LogP contribution in [0.5, 0.6) is 5.75 Å². The fraction of sp³-hybridized carbons (Fsp3) is 0.429. The number of rotatable bonds is 8. The first-order valence-corrected chi connectivity index (χ1v) is 12.4. The third-order valence-electron chi connectivity index (χ3n) is 5.06. The summed E-state index contributed by atoms with van der Waals surface area (Å²) in [5.41, 5.74) is 1.20. The van der Waals surface area contributed by atoms with E-state index < -0.39 is 27.5 Å². The maximum Gasteiger partial charge on any atom is 0.341 e. The largest absolute Gasteiger partial charge is 0.497 e. The lowest BCUT2D eigenvalue weighted by Crippen LogP contribution is -2.30. The number of benzene rings is 1. The number of fused-ring (bicyclic) bond motifs is 1. The van der Waals surface area contributed by atoms with E-state index in [1.807, 2.05) is 0 Å². The highest BCUT2D eigenvalue weighted by Crippen LogP contribution is 2.37. The maximum atomic E-state index is 12.6. The van der Waals surface area contributed by atoms with Gasteiger partial charge in [0, 0.05) is 18.0 Å². The van der Waals surface area contributed by atoms with Gasteiger partial charge in [-0.05, 0) is 49.2 Å². The van der Waals surface area contributed by atoms with Crippen LogP contribution in [0.1, 0.15) is 34.1 Å². The van der Waals surface area contributed by atoms with Crippen molar-refractivity contribution < 1.29 is 27.5 Å². The molecule has 0 bridgehead atoms. The van der Waals surface area contributed by atoms with Gasteiger partial charge in [0.2, 0.25) is 5.91 Å². The van der Waals surface area contributed by atoms with Gasteiger partial charge in [0.15, 0.2) is 9.84 Å². The number of esters is 1. The fourth-order valence-corrected chi connectivity index (χ4v) is 6.00. The summed E-state index contributed by atoms with van der Waals surface area (Å²) in [6.07, 6.45) is 1.70. The first kappa shape index (κ1) is 23.2. The van der Waals surface area contributed by atoms with Crippen LogP contribution in [0.4, 0.5) is 5.00 Å². The van der Waals surface area contributed by atoms with Crippen molar-refractivity contribution in [2.75, 3.05) is 38.4 Å². The summed E-state index contributed by atoms with van der Waals surface area (Å²) in [6, 6.07) is 5.84. The Labute approximate surface area is 186 Å². The summed E-state index contributed by atoms with van der Waals surface area (Å²) in [4.78, 5) is 28.3. The number of methoxy groups -OCH3 is 2. The van der Waals surface area contributed by atoms with Crippen LogP contribution in [0, 0.1) is 0 Å². The number of sulfone groups is 1. The van der Waals surface area contributed by atoms with Gasteiger partial charge in [-0.3, -0.25) is 9.69 Å². The molecule has 1 aromatic carbocycles. The molecule has 0 radical (unpaired) electrons. The van der Waals surface area contributed by atoms with E-state index in [9.17, 15) is 18.0 Å². The molecule has 8 nitrogen and oxygen atoms in total. The molecule has 1 aliphatic heterocycles. The van der Waals surface area contributed by atoms with Crippen molar-refractivity contribution in [3.63, 3.8) is 0 Å². The Balaban J connectivity index is 1.81. The van der Waals surface area contributed by atoms with Gasteiger partial charge < -0.3 is 14.8 Å². The van der Waals surface area contributed by atoms with Gasteiger partial charge >= 0.3 is 5.97 Å². The molecule has 0 fully saturated rings. The molecule has 3 rings (SSSR count). The molecule has 168 valence electrons. The second-order valence-electron chi connectivity index (χ2n) is 7.21. The lowest BCUT2D eigenvalue weighted by molar-refractivity contribution is -0.113. The van der Waals surface area contributed by atoms with Gasteiger partial charge in [-0.15, -0.1) is 11.3 Å². The Morgan fingerprint density at radius 2 is 1.90 bits per heavy atom. The Morgan fingerprint density at radius 1 is 1.19 bits per heavy atom. The lowest BCUT2D eigenvalue weighted by Gasteiger charge is -2.26. The highest BCUT2D eigenvalue weighted by Gasteiger charge is 2.30. The number of carbonyl (C=O) groups is 2. The smallest absolute Gasteiger partial charge is 0.341 e. The van der Waals surface area contributed by atoms with Crippen molar-refractivity contribution in [3.8, 4) is 5.75 Å². The van der Waals surface area contributed by atoms with Crippen molar-refractivity contribution in [2.45, 2.75) is 31.2 Å². The Morgan fingerprint density at radius 3 is 2.52 bits per heavy atom. The number of nitrogens with one attached hydrogen (secondary N) is 1. The number of carbonyl (C=O) groups excluding carboxylic acids is 2. The van der Waals surface area contributed by atoms with Crippen LogP contribution in [0.2, 0.25) is 0 Å². The molecule has 1 amide bonds. The molecule has 0 unspecified atom stereocenters. The van der Waals surface area contributed by atoms with Gasteiger partial charge in [0.1, 0.15) is 16.5 Å². The highest BCUT2D eigenvalue weighted by molar-refractivity contribution is 7.92. The van der Waals surface area contributed by atoms with Crippen molar-refractivity contribution in [1.29, 1.82) is 0 Å². The summed E-state index contributed by atoms with van der Waals surface area (Å²) in [5, 5.41) is 2.97. The van der Waals surface area contributed by atoms with Crippen molar-refractivity contribution in [2.24, 2.45) is 0 Å². The van der Waals surface area contributed by atoms with Crippen LogP contribution in [-0.4, -0.2) is 58.3 Å². The maximum absolute atomic E-state index is 12.6.